The number of fused-ring (bicyclic) bond motifs is 11. The maximum atomic E-state index is 12.7. The summed E-state index contributed by atoms with van der Waals surface area (Å²) in [6.45, 7) is 41.1. The topological polar surface area (TPSA) is 52.3 Å². The molecule has 3 aromatic rings. The number of ether oxygens (including phenoxy) is 1. The quantitative estimate of drug-likeness (QED) is 0.192. The van der Waals surface area contributed by atoms with E-state index in [1.807, 2.05) is 6.08 Å². The number of benzene rings is 1. The Morgan fingerprint density at radius 3 is 2.26 bits per heavy atom. The summed E-state index contributed by atoms with van der Waals surface area (Å²) in [5, 5.41) is 15.0. The molecule has 0 bridgehead atoms. The van der Waals surface area contributed by atoms with Crippen molar-refractivity contribution in [2.45, 2.75) is 156 Å². The van der Waals surface area contributed by atoms with E-state index in [-0.39, 0.29) is 34.4 Å². The highest BCUT2D eigenvalue weighted by molar-refractivity contribution is 6.70. The summed E-state index contributed by atoms with van der Waals surface area (Å²) < 4.78 is 23.7. The number of aromatic hydroxyl groups is 1. The van der Waals surface area contributed by atoms with E-state index in [1.165, 1.54) is 40.6 Å². The van der Waals surface area contributed by atoms with Gasteiger partial charge in [-0.05, 0) is 158 Å². The molecule has 1 N–H and O–H groups in total. The van der Waals surface area contributed by atoms with Crippen molar-refractivity contribution in [2.75, 3.05) is 0 Å². The Balaban J connectivity index is 1.42. The minimum atomic E-state index is -2.05. The molecule has 0 radical (unpaired) electrons. The van der Waals surface area contributed by atoms with Gasteiger partial charge in [0.25, 0.3) is 0 Å². The van der Waals surface area contributed by atoms with Gasteiger partial charge in [-0.25, -0.2) is 0 Å². The van der Waals surface area contributed by atoms with Crippen molar-refractivity contribution in [1.82, 2.24) is 4.40 Å². The molecule has 2 saturated carbocycles. The zero-order valence-corrected chi connectivity index (χ0v) is 37.8. The Hall–Kier alpha value is -2.43. The molecule has 8 rings (SSSR count). The summed E-state index contributed by atoms with van der Waals surface area (Å²) in [5.41, 5.74) is 8.38. The van der Waals surface area contributed by atoms with Gasteiger partial charge in [-0.2, -0.15) is 0 Å². The first-order chi connectivity index (χ1) is 24.8. The van der Waals surface area contributed by atoms with Gasteiger partial charge in [0.15, 0.2) is 16.6 Å². The predicted molar refractivity (Wildman–Crippen MR) is 231 cm³/mol. The molecule has 1 aliphatic heterocycles. The van der Waals surface area contributed by atoms with Crippen LogP contribution >= 0.6 is 0 Å². The third kappa shape index (κ3) is 5.09. The van der Waals surface area contributed by atoms with Crippen LogP contribution in [0.4, 0.5) is 0 Å². The van der Waals surface area contributed by atoms with Crippen molar-refractivity contribution in [3.05, 3.63) is 71.6 Å². The Kier molecular flexibility index (Phi) is 8.25. The van der Waals surface area contributed by atoms with Crippen LogP contribution in [-0.4, -0.2) is 43.4 Å². The lowest BCUT2D eigenvalue weighted by molar-refractivity contribution is -0.140. The molecule has 5 nitrogen and oxygen atoms in total. The number of allylic oxidation sites excluding steroid dienone is 3. The van der Waals surface area contributed by atoms with Crippen LogP contribution < -0.4 is 0 Å². The highest BCUT2D eigenvalue weighted by atomic mass is 28.4. The Morgan fingerprint density at radius 1 is 0.981 bits per heavy atom. The van der Waals surface area contributed by atoms with E-state index in [0.717, 1.165) is 47.0 Å². The minimum Gasteiger partial charge on any atom is -0.505 e. The first-order valence-electron chi connectivity index (χ1n) is 20.7. The summed E-state index contributed by atoms with van der Waals surface area (Å²) in [6.07, 6.45) is 14.5. The fourth-order valence-corrected chi connectivity index (χ4v) is 15.5. The van der Waals surface area contributed by atoms with Gasteiger partial charge in [-0.1, -0.05) is 52.2 Å². The monoisotopic (exact) mass is 765 g/mol. The fraction of sp³-hybridized carbons (Fsp3) is 0.617. The van der Waals surface area contributed by atoms with E-state index < -0.39 is 27.8 Å². The summed E-state index contributed by atoms with van der Waals surface area (Å²) in [7, 11) is -3.85. The number of aromatic nitrogens is 1. The highest BCUT2D eigenvalue weighted by Gasteiger charge is 2.67. The molecule has 1 aromatic carbocycles. The van der Waals surface area contributed by atoms with Crippen molar-refractivity contribution in [2.24, 2.45) is 28.6 Å². The minimum absolute atomic E-state index is 0.00174. The van der Waals surface area contributed by atoms with Gasteiger partial charge < -0.3 is 23.1 Å². The third-order valence-electron chi connectivity index (χ3n) is 15.0. The number of hydrogen-bond donors (Lipinski definition) is 1. The second-order valence-electron chi connectivity index (χ2n) is 21.7. The molecule has 2 fully saturated rings. The van der Waals surface area contributed by atoms with Crippen molar-refractivity contribution in [1.29, 1.82) is 0 Å². The molecule has 292 valence electrons. The van der Waals surface area contributed by atoms with Crippen molar-refractivity contribution in [3.63, 3.8) is 0 Å². The predicted octanol–water partition coefficient (Wildman–Crippen LogP) is 12.4. The van der Waals surface area contributed by atoms with E-state index in [2.05, 4.69) is 137 Å². The number of nitrogens with zero attached hydrogens (tertiary/aromatic N) is 1. The molecule has 2 aromatic heterocycles. The third-order valence-corrected chi connectivity index (χ3v) is 16.9. The highest BCUT2D eigenvalue weighted by Crippen LogP contribution is 2.72. The fourth-order valence-electron chi connectivity index (χ4n) is 13.3. The van der Waals surface area contributed by atoms with Crippen LogP contribution in [0.25, 0.3) is 27.4 Å². The van der Waals surface area contributed by atoms with Gasteiger partial charge >= 0.3 is 0 Å². The Bertz CT molecular complexity index is 2160. The van der Waals surface area contributed by atoms with Crippen molar-refractivity contribution in [3.8, 4) is 5.75 Å². The van der Waals surface area contributed by atoms with Crippen LogP contribution in [0.5, 0.6) is 5.75 Å². The Labute approximate surface area is 327 Å². The molecule has 54 heavy (non-hydrogen) atoms. The summed E-state index contributed by atoms with van der Waals surface area (Å²) >= 11 is 0. The largest absolute Gasteiger partial charge is 0.505 e. The smallest absolute Gasteiger partial charge is 0.184 e. The van der Waals surface area contributed by atoms with Gasteiger partial charge in [0.05, 0.1) is 34.6 Å². The van der Waals surface area contributed by atoms with E-state index in [9.17, 15) is 5.11 Å². The summed E-state index contributed by atoms with van der Waals surface area (Å²) in [6, 6.07) is 2.51. The average Bonchev–Trinajstić information content (AvgIpc) is 3.69. The zero-order chi connectivity index (χ0) is 39.5. The average molecular weight is 766 g/mol. The first-order valence-corrected chi connectivity index (χ1v) is 27.6. The summed E-state index contributed by atoms with van der Waals surface area (Å²) in [4.78, 5) is 0. The molecule has 5 unspecified atom stereocenters. The normalized spacial score (nSPS) is 35.5. The Morgan fingerprint density at radius 2 is 1.65 bits per heavy atom. The molecule has 7 heteroatoms. The second kappa shape index (κ2) is 11.6. The molecule has 5 aliphatic rings. The van der Waals surface area contributed by atoms with Gasteiger partial charge in [0.1, 0.15) is 5.75 Å². The maximum Gasteiger partial charge on any atom is 0.184 e. The van der Waals surface area contributed by atoms with Crippen molar-refractivity contribution >= 4 is 44.1 Å². The van der Waals surface area contributed by atoms with Gasteiger partial charge in [0.2, 0.25) is 0 Å². The zero-order valence-electron chi connectivity index (χ0n) is 35.8. The van der Waals surface area contributed by atoms with Crippen LogP contribution in [0.1, 0.15) is 115 Å². The molecule has 4 aliphatic carbocycles. The van der Waals surface area contributed by atoms with E-state index in [1.54, 1.807) is 0 Å². The standard InChI is InChI=1S/C47H67NO4Si2/c1-17-18-22-45(8)33-20-19-28-24-31-30-25-29-32-26-43(4,5)52-44(6,7)37(32)41(51-54(14,15)16)35(29)36-39(30)48(38(27(2)3)40(36)49)42(31)47(28,10)46(33,9)23-21-34(45)50-53(11,12)13/h17-18,22,25-26,28,33-34,37,41,49H,1-2,19-21,23-24H2,3-16H3/t28?,33?,34?,37?,41?,45-,46-,47+/m0/s1. The van der Waals surface area contributed by atoms with Crippen LogP contribution in [-0.2, 0) is 25.4 Å². The molecule has 0 amide bonds. The molecular formula is C47H67NO4Si2. The van der Waals surface area contributed by atoms with Gasteiger partial charge in [0, 0.05) is 38.8 Å². The van der Waals surface area contributed by atoms with Crippen LogP contribution in [0.15, 0.2) is 43.5 Å². The number of rotatable bonds is 7. The lowest BCUT2D eigenvalue weighted by atomic mass is 9.40. The van der Waals surface area contributed by atoms with Gasteiger partial charge in [-0.3, -0.25) is 0 Å². The SMILES string of the molecule is C=CC=C[C@]1(C)C(O[Si](C)(C)C)CC[C@@]2(C)C1CCC1Cc3c(n4c(C(=C)C)c(O)c5c6c(cc3c54)C3=CC(C)(C)OC(C)(C)C3C6O[Si](C)(C)C)[C@@]12C. The van der Waals surface area contributed by atoms with Gasteiger partial charge in [-0.15, -0.1) is 0 Å². The van der Waals surface area contributed by atoms with E-state index in [4.69, 9.17) is 13.6 Å². The lowest BCUT2D eigenvalue weighted by Crippen LogP contribution is -2.63. The second-order valence-corrected chi connectivity index (χ2v) is 30.6. The molecule has 3 heterocycles. The maximum absolute atomic E-state index is 12.7. The summed E-state index contributed by atoms with van der Waals surface area (Å²) in [5.74, 6) is 1.32. The molecule has 8 atom stereocenters. The van der Waals surface area contributed by atoms with Crippen LogP contribution in [0.3, 0.4) is 0 Å². The van der Waals surface area contributed by atoms with Crippen LogP contribution in [0, 0.1) is 28.6 Å². The lowest BCUT2D eigenvalue weighted by Gasteiger charge is -2.65. The molecule has 0 saturated heterocycles. The van der Waals surface area contributed by atoms with E-state index in [0.29, 0.717) is 17.6 Å². The first kappa shape index (κ1) is 38.4. The van der Waals surface area contributed by atoms with Crippen LogP contribution in [0.2, 0.25) is 39.3 Å². The van der Waals surface area contributed by atoms with Crippen molar-refractivity contribution < 1.29 is 18.7 Å². The van der Waals surface area contributed by atoms with E-state index >= 15 is 0 Å². The molecule has 0 spiro atoms. The molecular weight excluding hydrogens is 699 g/mol. The number of hydrogen-bond acceptors (Lipinski definition) is 4.